The molecule has 9 heteroatoms. The van der Waals surface area contributed by atoms with Crippen molar-refractivity contribution in [1.82, 2.24) is 19.9 Å². The van der Waals surface area contributed by atoms with Gasteiger partial charge >= 0.3 is 0 Å². The van der Waals surface area contributed by atoms with E-state index in [-0.39, 0.29) is 22.9 Å². The summed E-state index contributed by atoms with van der Waals surface area (Å²) in [7, 11) is -1.23. The summed E-state index contributed by atoms with van der Waals surface area (Å²) < 4.78 is 23.5. The van der Waals surface area contributed by atoms with Crippen LogP contribution in [0.3, 0.4) is 0 Å². The maximum atomic E-state index is 15.4. The van der Waals surface area contributed by atoms with Gasteiger partial charge in [-0.1, -0.05) is 31.8 Å². The van der Waals surface area contributed by atoms with E-state index in [2.05, 4.69) is 63.0 Å². The van der Waals surface area contributed by atoms with Crippen LogP contribution >= 0.6 is 0 Å². The number of aliphatic hydroxyl groups is 1. The second-order valence-electron chi connectivity index (χ2n) is 14.6. The van der Waals surface area contributed by atoms with Crippen LogP contribution in [0.5, 0.6) is 0 Å². The smallest absolute Gasteiger partial charge is 0.223 e. The molecule has 0 bridgehead atoms. The molecule has 1 saturated heterocycles. The van der Waals surface area contributed by atoms with Gasteiger partial charge in [0.05, 0.1) is 16.8 Å². The number of hydrogen-bond acceptors (Lipinski definition) is 6. The van der Waals surface area contributed by atoms with Gasteiger partial charge in [0.2, 0.25) is 5.95 Å². The summed E-state index contributed by atoms with van der Waals surface area (Å²) >= 11 is 0. The summed E-state index contributed by atoms with van der Waals surface area (Å²) in [5.41, 5.74) is 1.75. The van der Waals surface area contributed by atoms with Crippen LogP contribution in [-0.2, 0) is 11.5 Å². The molecule has 0 aliphatic carbocycles. The molecule has 4 rings (SSSR count). The monoisotopic (exact) mass is 581 g/mol. The van der Waals surface area contributed by atoms with Crippen molar-refractivity contribution in [2.75, 3.05) is 11.9 Å². The minimum absolute atomic E-state index is 0.00511. The number of nitrogens with one attached hydrogen (secondary N) is 2. The number of halogens is 1. The minimum atomic E-state index is -1.23. The van der Waals surface area contributed by atoms with Gasteiger partial charge in [0.1, 0.15) is 12.5 Å². The van der Waals surface area contributed by atoms with Gasteiger partial charge in [-0.05, 0) is 78.6 Å². The SMILES string of the molecule is CC(C)(O)C=Cc1cc2c(cc1F)c(-c1ccnc(NC3CC(C)(C)NC(C)(C)C3)n1)cn2COCC[Si](C)(C)C. The number of anilines is 1. The van der Waals surface area contributed by atoms with E-state index in [0.29, 0.717) is 24.8 Å². The molecule has 224 valence electrons. The lowest BCUT2D eigenvalue weighted by Gasteiger charge is -2.46. The molecule has 3 N–H and O–H groups in total. The largest absolute Gasteiger partial charge is 0.386 e. The molecule has 0 unspecified atom stereocenters. The molecule has 0 radical (unpaired) electrons. The highest BCUT2D eigenvalue weighted by atomic mass is 28.3. The van der Waals surface area contributed by atoms with Crippen LogP contribution in [0.2, 0.25) is 25.7 Å². The van der Waals surface area contributed by atoms with Crippen LogP contribution in [0.1, 0.15) is 59.9 Å². The molecule has 1 aliphatic heterocycles. The highest BCUT2D eigenvalue weighted by Crippen LogP contribution is 2.34. The molecule has 0 spiro atoms. The first-order chi connectivity index (χ1) is 18.9. The number of hydrogen-bond donors (Lipinski definition) is 3. The van der Waals surface area contributed by atoms with E-state index >= 15 is 4.39 Å². The van der Waals surface area contributed by atoms with Gasteiger partial charge in [-0.25, -0.2) is 14.4 Å². The van der Waals surface area contributed by atoms with Gasteiger partial charge in [-0.15, -0.1) is 0 Å². The average molecular weight is 582 g/mol. The van der Waals surface area contributed by atoms with Crippen molar-refractivity contribution < 1.29 is 14.2 Å². The summed E-state index contributed by atoms with van der Waals surface area (Å²) in [4.78, 5) is 9.41. The second-order valence-corrected chi connectivity index (χ2v) is 20.3. The zero-order chi connectivity index (χ0) is 30.2. The van der Waals surface area contributed by atoms with E-state index in [9.17, 15) is 5.11 Å². The van der Waals surface area contributed by atoms with Crippen LogP contribution in [0.25, 0.3) is 28.2 Å². The van der Waals surface area contributed by atoms with Gasteiger partial charge < -0.3 is 25.0 Å². The Labute approximate surface area is 245 Å². The predicted molar refractivity (Wildman–Crippen MR) is 170 cm³/mol. The number of piperidine rings is 1. The van der Waals surface area contributed by atoms with Crippen molar-refractivity contribution in [2.24, 2.45) is 0 Å². The summed E-state index contributed by atoms with van der Waals surface area (Å²) in [5, 5.41) is 18.2. The Bertz CT molecular complexity index is 1390. The highest BCUT2D eigenvalue weighted by molar-refractivity contribution is 6.76. The Morgan fingerprint density at radius 3 is 2.51 bits per heavy atom. The Balaban J connectivity index is 1.69. The van der Waals surface area contributed by atoms with Crippen LogP contribution in [0.4, 0.5) is 10.3 Å². The third-order valence-corrected chi connectivity index (χ3v) is 9.06. The van der Waals surface area contributed by atoms with Crippen LogP contribution in [0, 0.1) is 5.82 Å². The van der Waals surface area contributed by atoms with Gasteiger partial charge in [-0.3, -0.25) is 0 Å². The molecule has 1 aromatic carbocycles. The zero-order valence-corrected chi connectivity index (χ0v) is 27.2. The second kappa shape index (κ2) is 11.6. The van der Waals surface area contributed by atoms with Gasteiger partial charge in [0, 0.05) is 60.7 Å². The third kappa shape index (κ3) is 8.70. The topological polar surface area (TPSA) is 84.2 Å². The van der Waals surface area contributed by atoms with E-state index in [1.807, 2.05) is 22.9 Å². The molecule has 0 saturated carbocycles. The van der Waals surface area contributed by atoms with E-state index < -0.39 is 13.7 Å². The van der Waals surface area contributed by atoms with Crippen molar-refractivity contribution >= 4 is 31.0 Å². The summed E-state index contributed by atoms with van der Waals surface area (Å²) in [6.45, 7) is 20.3. The lowest BCUT2D eigenvalue weighted by atomic mass is 9.80. The van der Waals surface area contributed by atoms with Crippen molar-refractivity contribution in [3.05, 3.63) is 48.0 Å². The fourth-order valence-electron chi connectivity index (χ4n) is 5.79. The number of ether oxygens (including phenoxy) is 1. The number of fused-ring (bicyclic) bond motifs is 1. The Morgan fingerprint density at radius 2 is 1.88 bits per heavy atom. The van der Waals surface area contributed by atoms with Crippen molar-refractivity contribution in [3.8, 4) is 11.3 Å². The first-order valence-corrected chi connectivity index (χ1v) is 18.3. The minimum Gasteiger partial charge on any atom is -0.386 e. The summed E-state index contributed by atoms with van der Waals surface area (Å²) in [6.07, 6.45) is 8.88. The van der Waals surface area contributed by atoms with Crippen molar-refractivity contribution in [1.29, 1.82) is 0 Å². The molecule has 1 aliphatic rings. The molecular formula is C32H48FN5O2Si. The summed E-state index contributed by atoms with van der Waals surface area (Å²) in [5.74, 6) is 0.210. The number of aromatic nitrogens is 3. The van der Waals surface area contributed by atoms with Gasteiger partial charge in [-0.2, -0.15) is 0 Å². The van der Waals surface area contributed by atoms with Gasteiger partial charge in [0.25, 0.3) is 0 Å². The Kier molecular flexibility index (Phi) is 8.86. The van der Waals surface area contributed by atoms with Crippen molar-refractivity contribution in [3.63, 3.8) is 0 Å². The number of rotatable bonds is 10. The molecule has 0 atom stereocenters. The maximum Gasteiger partial charge on any atom is 0.223 e. The van der Waals surface area contributed by atoms with Crippen molar-refractivity contribution in [2.45, 2.75) is 110 Å². The van der Waals surface area contributed by atoms with E-state index in [4.69, 9.17) is 9.72 Å². The summed E-state index contributed by atoms with van der Waals surface area (Å²) in [6, 6.07) is 6.53. The molecule has 7 nitrogen and oxygen atoms in total. The standard InChI is InChI=1S/C32H48FN5O2Si/c1-30(2)18-23(19-31(3,4)37-30)35-29-34-13-11-27(36-29)25-20-38(21-40-14-15-41(7,8)9)28-16-22(10-12-32(5,6)39)26(33)17-24(25)28/h10-13,16-17,20,23,37,39H,14-15,18-19,21H2,1-9H3,(H,34,35,36). The quantitative estimate of drug-likeness (QED) is 0.176. The molecular weight excluding hydrogens is 533 g/mol. The third-order valence-electron chi connectivity index (χ3n) is 7.35. The predicted octanol–water partition coefficient (Wildman–Crippen LogP) is 7.05. The Hall–Kier alpha value is -2.59. The first kappa shape index (κ1) is 31.3. The zero-order valence-electron chi connectivity index (χ0n) is 26.2. The fraction of sp³-hybridized carbons (Fsp3) is 0.562. The lowest BCUT2D eigenvalue weighted by Crippen LogP contribution is -2.60. The molecule has 2 aromatic heterocycles. The van der Waals surface area contributed by atoms with E-state index in [1.165, 1.54) is 0 Å². The highest BCUT2D eigenvalue weighted by Gasteiger charge is 2.37. The van der Waals surface area contributed by atoms with Crippen LogP contribution in [0.15, 0.2) is 36.7 Å². The molecule has 1 fully saturated rings. The van der Waals surface area contributed by atoms with Gasteiger partial charge in [0.15, 0.2) is 0 Å². The Morgan fingerprint density at radius 1 is 1.20 bits per heavy atom. The number of benzene rings is 1. The molecule has 3 aromatic rings. The normalized spacial score (nSPS) is 17.9. The number of nitrogens with zero attached hydrogens (tertiary/aromatic N) is 3. The maximum absolute atomic E-state index is 15.4. The van der Waals surface area contributed by atoms with E-state index in [0.717, 1.165) is 41.0 Å². The van der Waals surface area contributed by atoms with Crippen LogP contribution in [-0.4, -0.2) is 57.0 Å². The first-order valence-electron chi connectivity index (χ1n) is 14.6. The lowest BCUT2D eigenvalue weighted by molar-refractivity contribution is 0.0903. The molecule has 41 heavy (non-hydrogen) atoms. The molecule has 0 amide bonds. The molecule has 3 heterocycles. The van der Waals surface area contributed by atoms with Crippen LogP contribution < -0.4 is 10.6 Å². The fourth-order valence-corrected chi connectivity index (χ4v) is 6.54. The average Bonchev–Trinajstić information content (AvgIpc) is 3.14. The van der Waals surface area contributed by atoms with E-state index in [1.54, 1.807) is 38.3 Å².